The van der Waals surface area contributed by atoms with E-state index in [1.54, 1.807) is 11.3 Å². The Hall–Kier alpha value is -0.480. The van der Waals surface area contributed by atoms with Gasteiger partial charge in [0.2, 0.25) is 0 Å². The second-order valence-electron chi connectivity index (χ2n) is 4.60. The van der Waals surface area contributed by atoms with Crippen molar-refractivity contribution in [2.45, 2.75) is 45.7 Å². The molecule has 0 saturated carbocycles. The van der Waals surface area contributed by atoms with Crippen LogP contribution < -0.4 is 5.32 Å². The minimum absolute atomic E-state index is 0.285. The van der Waals surface area contributed by atoms with Crippen LogP contribution in [-0.2, 0) is 6.54 Å². The van der Waals surface area contributed by atoms with E-state index in [-0.39, 0.29) is 5.54 Å². The monoisotopic (exact) mass is 268 g/mol. The highest BCUT2D eigenvalue weighted by Gasteiger charge is 2.33. The van der Waals surface area contributed by atoms with E-state index in [0.717, 1.165) is 17.5 Å². The van der Waals surface area contributed by atoms with E-state index >= 15 is 0 Å². The molecule has 0 unspecified atom stereocenters. The van der Waals surface area contributed by atoms with Crippen LogP contribution in [-0.4, -0.2) is 16.5 Å². The maximum Gasteiger partial charge on any atom is 0.157 e. The van der Waals surface area contributed by atoms with E-state index < -0.39 is 0 Å². The Morgan fingerprint density at radius 2 is 2.12 bits per heavy atom. The Balaban J connectivity index is 1.99. The number of aryl methyl sites for hydroxylation is 1. The van der Waals surface area contributed by atoms with Gasteiger partial charge in [-0.25, -0.2) is 0 Å². The molecule has 1 aliphatic rings. The summed E-state index contributed by atoms with van der Waals surface area (Å²) in [6.07, 6.45) is 2.35. The van der Waals surface area contributed by atoms with Gasteiger partial charge in [0.05, 0.1) is 6.54 Å². The fraction of sp³-hybridized carbons (Fsp3) is 0.615. The summed E-state index contributed by atoms with van der Waals surface area (Å²) >= 11 is 3.63. The molecule has 1 aliphatic heterocycles. The lowest BCUT2D eigenvalue weighted by atomic mass is 9.96. The number of thiophene rings is 1. The number of rotatable bonds is 4. The first-order valence-corrected chi connectivity index (χ1v) is 8.09. The highest BCUT2D eigenvalue weighted by molar-refractivity contribution is 8.14. The second-order valence-corrected chi connectivity index (χ2v) is 6.31. The van der Waals surface area contributed by atoms with E-state index in [1.807, 2.05) is 11.8 Å². The predicted octanol–water partition coefficient (Wildman–Crippen LogP) is 3.81. The van der Waals surface area contributed by atoms with Gasteiger partial charge < -0.3 is 5.32 Å². The van der Waals surface area contributed by atoms with Gasteiger partial charge in [-0.2, -0.15) is 11.3 Å². The Morgan fingerprint density at radius 1 is 1.35 bits per heavy atom. The van der Waals surface area contributed by atoms with Gasteiger partial charge in [0.25, 0.3) is 0 Å². The molecule has 1 saturated heterocycles. The summed E-state index contributed by atoms with van der Waals surface area (Å²) in [7, 11) is 0. The molecule has 2 rings (SSSR count). The molecular formula is C13H20N2S2. The number of thioether (sulfide) groups is 1. The molecule has 0 spiro atoms. The molecule has 0 aromatic carbocycles. The molecule has 0 atom stereocenters. The average Bonchev–Trinajstić information content (AvgIpc) is 2.94. The molecule has 2 nitrogen and oxygen atoms in total. The lowest BCUT2D eigenvalue weighted by Crippen LogP contribution is -2.42. The quantitative estimate of drug-likeness (QED) is 0.898. The van der Waals surface area contributed by atoms with Crippen LogP contribution in [0.3, 0.4) is 0 Å². The van der Waals surface area contributed by atoms with Crippen molar-refractivity contribution in [3.63, 3.8) is 0 Å². The van der Waals surface area contributed by atoms with Crippen molar-refractivity contribution in [1.82, 2.24) is 5.32 Å². The van der Waals surface area contributed by atoms with Gasteiger partial charge in [0, 0.05) is 11.3 Å². The van der Waals surface area contributed by atoms with Gasteiger partial charge in [-0.3, -0.25) is 4.99 Å². The van der Waals surface area contributed by atoms with Crippen molar-refractivity contribution in [1.29, 1.82) is 0 Å². The van der Waals surface area contributed by atoms with Crippen LogP contribution in [0.2, 0.25) is 0 Å². The number of hydrogen-bond donors (Lipinski definition) is 1. The van der Waals surface area contributed by atoms with Crippen molar-refractivity contribution in [3.8, 4) is 0 Å². The number of nitrogens with one attached hydrogen (secondary N) is 1. The molecule has 1 aromatic heterocycles. The van der Waals surface area contributed by atoms with E-state index in [9.17, 15) is 0 Å². The normalized spacial score (nSPS) is 20.8. The first-order valence-electron chi connectivity index (χ1n) is 6.16. The lowest BCUT2D eigenvalue weighted by Gasteiger charge is -2.25. The topological polar surface area (TPSA) is 24.4 Å². The molecule has 2 heterocycles. The smallest absolute Gasteiger partial charge is 0.157 e. The largest absolute Gasteiger partial charge is 0.359 e. The van der Waals surface area contributed by atoms with E-state index in [4.69, 9.17) is 4.99 Å². The molecular weight excluding hydrogens is 248 g/mol. The standard InChI is InChI=1S/C13H20N2S2/c1-4-13(5-2)9-17-12(15-13)14-6-11-8-16-7-10(11)3/h7-8H,4-6,9H2,1-3H3,(H,14,15). The van der Waals surface area contributed by atoms with E-state index in [1.165, 1.54) is 24.0 Å². The highest BCUT2D eigenvalue weighted by Crippen LogP contribution is 2.29. The average molecular weight is 268 g/mol. The van der Waals surface area contributed by atoms with Gasteiger partial charge in [-0.1, -0.05) is 25.6 Å². The SMILES string of the molecule is CCC1(CC)CSC(=NCc2cscc2C)N1. The zero-order chi connectivity index (χ0) is 12.3. The summed E-state index contributed by atoms with van der Waals surface area (Å²) < 4.78 is 0. The van der Waals surface area contributed by atoms with Crippen molar-refractivity contribution < 1.29 is 0 Å². The Kier molecular flexibility index (Phi) is 4.15. The summed E-state index contributed by atoms with van der Waals surface area (Å²) in [5.74, 6) is 1.15. The molecule has 1 N–H and O–H groups in total. The van der Waals surface area contributed by atoms with Crippen molar-refractivity contribution in [3.05, 3.63) is 21.9 Å². The molecule has 0 radical (unpaired) electrons. The summed E-state index contributed by atoms with van der Waals surface area (Å²) in [5.41, 5.74) is 3.00. The molecule has 4 heteroatoms. The molecule has 1 fully saturated rings. The third-order valence-electron chi connectivity index (χ3n) is 3.57. The summed E-state index contributed by atoms with van der Waals surface area (Å²) in [5, 5.41) is 9.11. The second kappa shape index (κ2) is 5.44. The van der Waals surface area contributed by atoms with Crippen LogP contribution in [0.25, 0.3) is 0 Å². The van der Waals surface area contributed by atoms with Crippen molar-refractivity contribution >= 4 is 28.3 Å². The van der Waals surface area contributed by atoms with Gasteiger partial charge in [-0.05, 0) is 41.7 Å². The van der Waals surface area contributed by atoms with E-state index in [0.29, 0.717) is 0 Å². The molecule has 0 aliphatic carbocycles. The molecule has 1 aromatic rings. The predicted molar refractivity (Wildman–Crippen MR) is 79.1 cm³/mol. The van der Waals surface area contributed by atoms with Gasteiger partial charge in [0.15, 0.2) is 5.17 Å². The maximum absolute atomic E-state index is 4.69. The van der Waals surface area contributed by atoms with Crippen LogP contribution in [0.5, 0.6) is 0 Å². The van der Waals surface area contributed by atoms with Gasteiger partial charge >= 0.3 is 0 Å². The number of nitrogens with zero attached hydrogens (tertiary/aromatic N) is 1. The van der Waals surface area contributed by atoms with Crippen LogP contribution >= 0.6 is 23.1 Å². The fourth-order valence-corrected chi connectivity index (χ4v) is 4.11. The number of amidine groups is 1. The zero-order valence-electron chi connectivity index (χ0n) is 10.7. The number of hydrogen-bond acceptors (Lipinski definition) is 3. The maximum atomic E-state index is 4.69. The minimum atomic E-state index is 0.285. The Bertz CT molecular complexity index is 405. The third kappa shape index (κ3) is 2.86. The zero-order valence-corrected chi connectivity index (χ0v) is 12.4. The molecule has 0 amide bonds. The highest BCUT2D eigenvalue weighted by atomic mass is 32.2. The van der Waals surface area contributed by atoms with Crippen molar-refractivity contribution in [2.75, 3.05) is 5.75 Å². The van der Waals surface area contributed by atoms with Crippen LogP contribution in [0.4, 0.5) is 0 Å². The fourth-order valence-electron chi connectivity index (χ4n) is 1.93. The summed E-state index contributed by atoms with van der Waals surface area (Å²) in [4.78, 5) is 4.69. The van der Waals surface area contributed by atoms with E-state index in [2.05, 4.69) is 36.8 Å². The van der Waals surface area contributed by atoms with Crippen LogP contribution in [0.1, 0.15) is 37.8 Å². The minimum Gasteiger partial charge on any atom is -0.359 e. The molecule has 17 heavy (non-hydrogen) atoms. The Labute approximate surface area is 112 Å². The Morgan fingerprint density at radius 3 is 2.65 bits per heavy atom. The van der Waals surface area contributed by atoms with Crippen LogP contribution in [0, 0.1) is 6.92 Å². The molecule has 94 valence electrons. The first kappa shape index (κ1) is 13.0. The van der Waals surface area contributed by atoms with Crippen molar-refractivity contribution in [2.24, 2.45) is 4.99 Å². The first-order chi connectivity index (χ1) is 8.19. The summed E-state index contributed by atoms with van der Waals surface area (Å²) in [6.45, 7) is 7.48. The van der Waals surface area contributed by atoms with Gasteiger partial charge in [-0.15, -0.1) is 0 Å². The summed E-state index contributed by atoms with van der Waals surface area (Å²) in [6, 6.07) is 0. The van der Waals surface area contributed by atoms with Crippen LogP contribution in [0.15, 0.2) is 15.8 Å². The lowest BCUT2D eigenvalue weighted by molar-refractivity contribution is 0.407. The van der Waals surface area contributed by atoms with Gasteiger partial charge in [0.1, 0.15) is 0 Å². The number of aliphatic imine (C=N–C) groups is 1. The third-order valence-corrected chi connectivity index (χ3v) is 5.68. The molecule has 0 bridgehead atoms.